The minimum Gasteiger partial charge on any atom is -0.378 e. The van der Waals surface area contributed by atoms with E-state index in [-0.39, 0.29) is 57.6 Å². The third kappa shape index (κ3) is 9.97. The van der Waals surface area contributed by atoms with Crippen molar-refractivity contribution in [1.29, 1.82) is 0 Å². The van der Waals surface area contributed by atoms with E-state index < -0.39 is 25.4 Å². The van der Waals surface area contributed by atoms with Crippen molar-refractivity contribution in [3.05, 3.63) is 30.1 Å². The second-order valence-electron chi connectivity index (χ2n) is 14.6. The van der Waals surface area contributed by atoms with Gasteiger partial charge in [-0.15, -0.1) is 0 Å². The van der Waals surface area contributed by atoms with Crippen LogP contribution < -0.4 is 31.5 Å². The van der Waals surface area contributed by atoms with E-state index in [1.807, 2.05) is 21.6 Å². The fourth-order valence-corrected chi connectivity index (χ4v) is 7.48. The molecule has 0 spiro atoms. The van der Waals surface area contributed by atoms with Gasteiger partial charge in [-0.05, 0) is 18.0 Å². The van der Waals surface area contributed by atoms with Crippen LogP contribution in [0.3, 0.4) is 0 Å². The number of nitrogens with one attached hydrogen (secondary N) is 1. The van der Waals surface area contributed by atoms with Gasteiger partial charge in [0, 0.05) is 76.6 Å². The Morgan fingerprint density at radius 1 is 0.651 bits per heavy atom. The Morgan fingerprint density at radius 2 is 1.11 bits per heavy atom. The third-order valence-electron chi connectivity index (χ3n) is 10.3. The number of rotatable bonds is 8. The van der Waals surface area contributed by atoms with Crippen LogP contribution in [0.1, 0.15) is 13.3 Å². The number of ether oxygens (including phenoxy) is 2. The van der Waals surface area contributed by atoms with Crippen LogP contribution >= 0.6 is 11.6 Å². The third-order valence-corrected chi connectivity index (χ3v) is 10.6. The molecule has 3 aliphatic heterocycles. The zero-order valence-corrected chi connectivity index (χ0v) is 34.4. The van der Waals surface area contributed by atoms with Gasteiger partial charge >= 0.3 is 12.4 Å². The second kappa shape index (κ2) is 18.0. The minimum atomic E-state index is -4.49. The lowest BCUT2D eigenvalue weighted by molar-refractivity contribution is -0.140. The number of alkyl halides is 6. The molecular weight excluding hydrogens is 866 g/mol. The highest BCUT2D eigenvalue weighted by Gasteiger charge is 2.35. The predicted octanol–water partition coefficient (Wildman–Crippen LogP) is 3.37. The first-order chi connectivity index (χ1) is 30.1. The quantitative estimate of drug-likeness (QED) is 0.147. The molecule has 336 valence electrons. The summed E-state index contributed by atoms with van der Waals surface area (Å²) in [5, 5.41) is 3.08. The molecule has 3 fully saturated rings. The van der Waals surface area contributed by atoms with E-state index in [0.717, 1.165) is 15.6 Å². The Labute approximate surface area is 359 Å². The number of nitrogens with zero attached hydrogens (tertiary/aromatic N) is 15. The lowest BCUT2D eigenvalue weighted by Crippen LogP contribution is -2.51. The predicted molar refractivity (Wildman–Crippen MR) is 219 cm³/mol. The zero-order chi connectivity index (χ0) is 44.5. The maximum atomic E-state index is 13.8. The molecule has 6 aromatic rings. The number of nitrogen functional groups attached to an aromatic ring is 2. The van der Waals surface area contributed by atoms with E-state index in [2.05, 4.69) is 45.2 Å². The molecule has 63 heavy (non-hydrogen) atoms. The van der Waals surface area contributed by atoms with Crippen molar-refractivity contribution in [2.24, 2.45) is 0 Å². The van der Waals surface area contributed by atoms with Crippen LogP contribution in [0.2, 0.25) is 5.28 Å². The fraction of sp³-hybridized carbons (Fsp3) is 0.500. The molecule has 0 unspecified atom stereocenters. The lowest BCUT2D eigenvalue weighted by atomic mass is 10.2. The summed E-state index contributed by atoms with van der Waals surface area (Å²) < 4.78 is 93.2. The summed E-state index contributed by atoms with van der Waals surface area (Å²) in [5.74, 6) is 1.58. The number of imidazole rings is 2. The highest BCUT2D eigenvalue weighted by Crippen LogP contribution is 2.35. The normalized spacial score (nSPS) is 17.7. The van der Waals surface area contributed by atoms with E-state index >= 15 is 0 Å². The highest BCUT2D eigenvalue weighted by atomic mass is 35.5. The van der Waals surface area contributed by atoms with Gasteiger partial charge in [0.15, 0.2) is 45.6 Å². The van der Waals surface area contributed by atoms with Gasteiger partial charge in [0.05, 0.1) is 37.6 Å². The monoisotopic (exact) mass is 906 g/mol. The van der Waals surface area contributed by atoms with Gasteiger partial charge in [-0.1, -0.05) is 6.92 Å². The number of hydrogen-bond donors (Lipinski definition) is 3. The fourth-order valence-electron chi connectivity index (χ4n) is 7.26. The van der Waals surface area contributed by atoms with Crippen LogP contribution in [0, 0.1) is 0 Å². The van der Waals surface area contributed by atoms with E-state index in [9.17, 15) is 26.3 Å². The number of hydrogen-bond acceptors (Lipinski definition) is 18. The van der Waals surface area contributed by atoms with E-state index in [1.165, 1.54) is 24.8 Å². The molecule has 0 bridgehead atoms. The average Bonchev–Trinajstić information content (AvgIpc) is 3.78. The molecule has 0 aliphatic carbocycles. The summed E-state index contributed by atoms with van der Waals surface area (Å²) >= 11 is 6.00. The smallest absolute Gasteiger partial charge is 0.378 e. The van der Waals surface area contributed by atoms with Crippen LogP contribution in [0.4, 0.5) is 55.8 Å². The van der Waals surface area contributed by atoms with Crippen molar-refractivity contribution in [3.63, 3.8) is 0 Å². The zero-order valence-electron chi connectivity index (χ0n) is 33.6. The van der Waals surface area contributed by atoms with Crippen LogP contribution in [-0.2, 0) is 22.6 Å². The van der Waals surface area contributed by atoms with Crippen molar-refractivity contribution in [3.8, 4) is 22.8 Å². The first-order valence-corrected chi connectivity index (χ1v) is 20.2. The molecule has 0 aromatic carbocycles. The van der Waals surface area contributed by atoms with E-state index in [4.69, 9.17) is 42.5 Å². The Kier molecular flexibility index (Phi) is 12.5. The van der Waals surface area contributed by atoms with Gasteiger partial charge in [0.25, 0.3) is 0 Å². The topological polar surface area (TPSA) is 231 Å². The molecule has 5 N–H and O–H groups in total. The van der Waals surface area contributed by atoms with Crippen LogP contribution in [0.25, 0.3) is 45.1 Å². The largest absolute Gasteiger partial charge is 0.406 e. The number of fused-ring (bicyclic) bond motifs is 2. The van der Waals surface area contributed by atoms with Gasteiger partial charge in [-0.25, -0.2) is 49.8 Å². The van der Waals surface area contributed by atoms with Crippen LogP contribution in [0.5, 0.6) is 0 Å². The maximum Gasteiger partial charge on any atom is 0.406 e. The van der Waals surface area contributed by atoms with Gasteiger partial charge in [-0.3, -0.25) is 9.13 Å². The highest BCUT2D eigenvalue weighted by molar-refractivity contribution is 6.29. The van der Waals surface area contributed by atoms with Crippen LogP contribution in [0.15, 0.2) is 24.8 Å². The number of aromatic nitrogens is 12. The lowest BCUT2D eigenvalue weighted by Gasteiger charge is -2.34. The van der Waals surface area contributed by atoms with Crippen molar-refractivity contribution in [1.82, 2.24) is 64.3 Å². The molecule has 27 heteroatoms. The van der Waals surface area contributed by atoms with Crippen molar-refractivity contribution in [2.75, 3.05) is 98.4 Å². The van der Waals surface area contributed by atoms with Crippen molar-refractivity contribution >= 4 is 63.4 Å². The molecule has 3 saturated heterocycles. The Balaban J connectivity index is 0.000000177. The SMILES string of the molecule is CC[C@@H]1CN(c2nc3c(N4CCOCC4)nc(-c4cnc(N)nc4)nc3n2CC(F)(F)F)CCN1.Nc1ncc(-c2nc(N3CCOCC3)c3nc(Cl)n(CC(F)(F)F)c3n2)cn1. The first kappa shape index (κ1) is 43.7. The number of anilines is 5. The molecule has 1 atom stereocenters. The summed E-state index contributed by atoms with van der Waals surface area (Å²) in [5.41, 5.74) is 12.6. The molecule has 0 radical (unpaired) electrons. The number of nitrogens with two attached hydrogens (primary N) is 2. The summed E-state index contributed by atoms with van der Waals surface area (Å²) in [6.45, 7) is 5.24. The minimum absolute atomic E-state index is 0.0226. The van der Waals surface area contributed by atoms with Gasteiger partial charge in [-0.2, -0.15) is 26.3 Å². The first-order valence-electron chi connectivity index (χ1n) is 19.8. The number of piperazine rings is 1. The molecule has 9 rings (SSSR count). The molecule has 0 saturated carbocycles. The number of morpholine rings is 2. The Bertz CT molecular complexity index is 2530. The molecular formula is C36H41ClF6N18O2. The summed E-state index contributed by atoms with van der Waals surface area (Å²) in [6.07, 6.45) is -2.38. The van der Waals surface area contributed by atoms with E-state index in [1.54, 1.807) is 0 Å². The van der Waals surface area contributed by atoms with Crippen molar-refractivity contribution < 1.29 is 35.8 Å². The molecule has 9 heterocycles. The maximum absolute atomic E-state index is 13.8. The van der Waals surface area contributed by atoms with E-state index in [0.29, 0.717) is 101 Å². The summed E-state index contributed by atoms with van der Waals surface area (Å²) in [7, 11) is 0. The molecule has 0 amide bonds. The average molecular weight is 907 g/mol. The van der Waals surface area contributed by atoms with Gasteiger partial charge in [0.1, 0.15) is 13.1 Å². The summed E-state index contributed by atoms with van der Waals surface area (Å²) in [6, 6.07) is 0.162. The Hall–Kier alpha value is -5.99. The standard InChI is InChI=1S/C21H27F3N10O.C15H14ClF3N8O/c1-2-14-11-33(4-3-26-14)20-29-15-17(32-5-7-35-8-6-32)30-16(13-9-27-19(25)28-10-13)31-18(15)34(20)12-21(22,23)24;16-13-23-9-11(26-1-3-28-4-2-26)24-10(8-5-21-14(20)22-6-8)25-12(9)27(13)7-15(17,18)19/h9-10,14,26H,2-8,11-12H2,1H3,(H2,25,27,28);5-6H,1-4,7H2,(H2,20,21,22)/t14-;/m1./s1. The second-order valence-corrected chi connectivity index (χ2v) is 15.0. The van der Waals surface area contributed by atoms with Gasteiger partial charge < -0.3 is 41.0 Å². The molecule has 3 aliphatic rings. The van der Waals surface area contributed by atoms with Crippen molar-refractivity contribution in [2.45, 2.75) is 44.8 Å². The molecule has 6 aromatic heterocycles. The molecule has 20 nitrogen and oxygen atoms in total. The Morgan fingerprint density at radius 3 is 1.59 bits per heavy atom. The number of halogens is 7. The summed E-state index contributed by atoms with van der Waals surface area (Å²) in [4.78, 5) is 48.3. The van der Waals surface area contributed by atoms with Gasteiger partial charge in [0.2, 0.25) is 23.1 Å². The van der Waals surface area contributed by atoms with Crippen LogP contribution in [-0.4, -0.2) is 150 Å².